The van der Waals surface area contributed by atoms with Crippen molar-refractivity contribution in [2.75, 3.05) is 11.9 Å². The van der Waals surface area contributed by atoms with E-state index in [4.69, 9.17) is 5.11 Å². The summed E-state index contributed by atoms with van der Waals surface area (Å²) in [5.41, 5.74) is 0.135. The first kappa shape index (κ1) is 12.4. The minimum absolute atomic E-state index is 0.0162. The minimum Gasteiger partial charge on any atom is -0.506 e. The van der Waals surface area contributed by atoms with Crippen LogP contribution in [0, 0.1) is 0 Å². The Balaban J connectivity index is 2.14. The number of carbonyl (C=O) groups is 2. The van der Waals surface area contributed by atoms with Crippen LogP contribution in [0.3, 0.4) is 0 Å². The van der Waals surface area contributed by atoms with E-state index in [0.717, 1.165) is 19.4 Å². The van der Waals surface area contributed by atoms with Crippen LogP contribution in [0.4, 0.5) is 5.69 Å². The van der Waals surface area contributed by atoms with Crippen molar-refractivity contribution in [3.8, 4) is 5.75 Å². The lowest BCUT2D eigenvalue weighted by atomic mass is 10.1. The van der Waals surface area contributed by atoms with Crippen molar-refractivity contribution in [2.24, 2.45) is 0 Å². The zero-order valence-corrected chi connectivity index (χ0v) is 9.64. The third-order valence-corrected chi connectivity index (χ3v) is 2.88. The van der Waals surface area contributed by atoms with Gasteiger partial charge in [0, 0.05) is 0 Å². The Labute approximate surface area is 104 Å². The third kappa shape index (κ3) is 2.60. The molecule has 0 spiro atoms. The zero-order chi connectivity index (χ0) is 13.1. The predicted molar refractivity (Wildman–Crippen MR) is 64.7 cm³/mol. The first-order valence-corrected chi connectivity index (χ1v) is 5.68. The third-order valence-electron chi connectivity index (χ3n) is 2.88. The van der Waals surface area contributed by atoms with Gasteiger partial charge in [-0.15, -0.1) is 0 Å². The summed E-state index contributed by atoms with van der Waals surface area (Å²) in [6, 6.07) is 3.49. The van der Waals surface area contributed by atoms with Gasteiger partial charge < -0.3 is 20.8 Å². The molecule has 96 valence electrons. The van der Waals surface area contributed by atoms with E-state index < -0.39 is 5.97 Å². The lowest BCUT2D eigenvalue weighted by Crippen LogP contribution is -2.35. The van der Waals surface area contributed by atoms with E-state index in [2.05, 4.69) is 10.6 Å². The molecular formula is C12H14N2O4. The maximum absolute atomic E-state index is 11.8. The van der Waals surface area contributed by atoms with Crippen LogP contribution < -0.4 is 10.6 Å². The molecular weight excluding hydrogens is 236 g/mol. The van der Waals surface area contributed by atoms with Gasteiger partial charge in [0.25, 0.3) is 0 Å². The van der Waals surface area contributed by atoms with E-state index in [1.165, 1.54) is 18.2 Å². The Bertz CT molecular complexity index is 481. The number of phenolic OH excluding ortho intramolecular Hbond substituents is 1. The molecule has 1 aromatic rings. The van der Waals surface area contributed by atoms with Gasteiger partial charge in [0.05, 0.1) is 17.3 Å². The molecule has 0 bridgehead atoms. The first-order valence-electron chi connectivity index (χ1n) is 5.68. The predicted octanol–water partition coefficient (Wildman–Crippen LogP) is 0.781. The fourth-order valence-electron chi connectivity index (χ4n) is 1.90. The summed E-state index contributed by atoms with van der Waals surface area (Å²) in [7, 11) is 0. The summed E-state index contributed by atoms with van der Waals surface area (Å²) in [4.78, 5) is 22.6. The van der Waals surface area contributed by atoms with Gasteiger partial charge in [-0.05, 0) is 37.6 Å². The molecule has 1 fully saturated rings. The molecule has 1 atom stereocenters. The van der Waals surface area contributed by atoms with Gasteiger partial charge in [-0.1, -0.05) is 0 Å². The number of carboxylic acid groups (broad SMARTS) is 1. The van der Waals surface area contributed by atoms with Crippen LogP contribution in [0.25, 0.3) is 0 Å². The molecule has 6 nitrogen and oxygen atoms in total. The van der Waals surface area contributed by atoms with E-state index in [0.29, 0.717) is 0 Å². The number of carbonyl (C=O) groups excluding carboxylic acids is 1. The summed E-state index contributed by atoms with van der Waals surface area (Å²) in [5, 5.41) is 24.0. The monoisotopic (exact) mass is 250 g/mol. The highest BCUT2D eigenvalue weighted by atomic mass is 16.4. The smallest absolute Gasteiger partial charge is 0.335 e. The fraction of sp³-hybridized carbons (Fsp3) is 0.333. The summed E-state index contributed by atoms with van der Waals surface area (Å²) in [6.07, 6.45) is 1.67. The number of carboxylic acids is 1. The summed E-state index contributed by atoms with van der Waals surface area (Å²) in [6.45, 7) is 0.791. The summed E-state index contributed by atoms with van der Waals surface area (Å²) >= 11 is 0. The highest BCUT2D eigenvalue weighted by molar-refractivity contribution is 5.98. The molecule has 1 aliphatic rings. The highest BCUT2D eigenvalue weighted by Crippen LogP contribution is 2.24. The van der Waals surface area contributed by atoms with Crippen molar-refractivity contribution >= 4 is 17.6 Å². The van der Waals surface area contributed by atoms with Crippen LogP contribution in [-0.2, 0) is 4.79 Å². The molecule has 0 aromatic heterocycles. The van der Waals surface area contributed by atoms with E-state index in [1.54, 1.807) is 0 Å². The Morgan fingerprint density at radius 1 is 1.39 bits per heavy atom. The molecule has 1 amide bonds. The van der Waals surface area contributed by atoms with Crippen molar-refractivity contribution < 1.29 is 19.8 Å². The second-order valence-electron chi connectivity index (χ2n) is 4.18. The van der Waals surface area contributed by atoms with Crippen LogP contribution in [0.15, 0.2) is 18.2 Å². The SMILES string of the molecule is O=C(O)c1ccc(O)c(NC(=O)[C@H]2CCCN2)c1. The van der Waals surface area contributed by atoms with Gasteiger partial charge in [0.2, 0.25) is 5.91 Å². The van der Waals surface area contributed by atoms with Crippen molar-refractivity contribution in [1.29, 1.82) is 0 Å². The summed E-state index contributed by atoms with van der Waals surface area (Å²) < 4.78 is 0. The molecule has 1 heterocycles. The van der Waals surface area contributed by atoms with Gasteiger partial charge in [-0.25, -0.2) is 4.79 Å². The van der Waals surface area contributed by atoms with E-state index in [-0.39, 0.29) is 28.9 Å². The van der Waals surface area contributed by atoms with Gasteiger partial charge in [-0.2, -0.15) is 0 Å². The average Bonchev–Trinajstić information content (AvgIpc) is 2.85. The topological polar surface area (TPSA) is 98.7 Å². The molecule has 0 saturated carbocycles. The van der Waals surface area contributed by atoms with E-state index in [9.17, 15) is 14.7 Å². The quantitative estimate of drug-likeness (QED) is 0.594. The number of aromatic carboxylic acids is 1. The van der Waals surface area contributed by atoms with Crippen molar-refractivity contribution in [2.45, 2.75) is 18.9 Å². The molecule has 0 radical (unpaired) electrons. The molecule has 1 saturated heterocycles. The number of hydrogen-bond acceptors (Lipinski definition) is 4. The standard InChI is InChI=1S/C12H14N2O4/c15-10-4-3-7(12(17)18)6-9(10)14-11(16)8-2-1-5-13-8/h3-4,6,8,13,15H,1-2,5H2,(H,14,16)(H,17,18)/t8-/m1/s1. The average molecular weight is 250 g/mol. The Morgan fingerprint density at radius 3 is 2.78 bits per heavy atom. The van der Waals surface area contributed by atoms with Crippen molar-refractivity contribution in [3.05, 3.63) is 23.8 Å². The van der Waals surface area contributed by atoms with Crippen LogP contribution in [-0.4, -0.2) is 34.7 Å². The first-order chi connectivity index (χ1) is 8.58. The second-order valence-corrected chi connectivity index (χ2v) is 4.18. The van der Waals surface area contributed by atoms with Crippen LogP contribution in [0.2, 0.25) is 0 Å². The molecule has 0 aliphatic carbocycles. The van der Waals surface area contributed by atoms with Gasteiger partial charge >= 0.3 is 5.97 Å². The number of amides is 1. The number of rotatable bonds is 3. The minimum atomic E-state index is -1.11. The Morgan fingerprint density at radius 2 is 2.17 bits per heavy atom. The van der Waals surface area contributed by atoms with Gasteiger partial charge in [-0.3, -0.25) is 4.79 Å². The second kappa shape index (κ2) is 5.05. The molecule has 2 rings (SSSR count). The van der Waals surface area contributed by atoms with Gasteiger partial charge in [0.1, 0.15) is 5.75 Å². The fourth-order valence-corrected chi connectivity index (χ4v) is 1.90. The normalized spacial score (nSPS) is 18.6. The molecule has 1 aromatic carbocycles. The highest BCUT2D eigenvalue weighted by Gasteiger charge is 2.22. The lowest BCUT2D eigenvalue weighted by Gasteiger charge is -2.12. The number of phenols is 1. The maximum atomic E-state index is 11.8. The molecule has 4 N–H and O–H groups in total. The van der Waals surface area contributed by atoms with Crippen molar-refractivity contribution in [3.63, 3.8) is 0 Å². The van der Waals surface area contributed by atoms with Gasteiger partial charge in [0.15, 0.2) is 0 Å². The number of nitrogens with one attached hydrogen (secondary N) is 2. The van der Waals surface area contributed by atoms with Crippen LogP contribution >= 0.6 is 0 Å². The number of benzene rings is 1. The van der Waals surface area contributed by atoms with Crippen LogP contribution in [0.1, 0.15) is 23.2 Å². The maximum Gasteiger partial charge on any atom is 0.335 e. The van der Waals surface area contributed by atoms with Crippen LogP contribution in [0.5, 0.6) is 5.75 Å². The number of hydrogen-bond donors (Lipinski definition) is 4. The number of anilines is 1. The summed E-state index contributed by atoms with van der Waals surface area (Å²) in [5.74, 6) is -1.51. The largest absolute Gasteiger partial charge is 0.506 e. The zero-order valence-electron chi connectivity index (χ0n) is 9.64. The Kier molecular flexibility index (Phi) is 3.47. The lowest BCUT2D eigenvalue weighted by molar-refractivity contribution is -0.117. The van der Waals surface area contributed by atoms with E-state index >= 15 is 0 Å². The number of aromatic hydroxyl groups is 1. The molecule has 1 aliphatic heterocycles. The molecule has 0 unspecified atom stereocenters. The molecule has 18 heavy (non-hydrogen) atoms. The van der Waals surface area contributed by atoms with E-state index in [1.807, 2.05) is 0 Å². The molecule has 6 heteroatoms. The Hall–Kier alpha value is -2.08. The van der Waals surface area contributed by atoms with Crippen molar-refractivity contribution in [1.82, 2.24) is 5.32 Å².